The molecule has 0 spiro atoms. The molecule has 2 rings (SSSR count). The molecule has 4 heteroatoms. The highest BCUT2D eigenvalue weighted by molar-refractivity contribution is 6.17. The summed E-state index contributed by atoms with van der Waals surface area (Å²) >= 11 is 5.69. The predicted octanol–water partition coefficient (Wildman–Crippen LogP) is 3.33. The van der Waals surface area contributed by atoms with Crippen LogP contribution in [0.25, 0.3) is 0 Å². The molecule has 88 valence electrons. The molecule has 1 aromatic carbocycles. The largest absolute Gasteiger partial charge is 0.464 e. The Kier molecular flexibility index (Phi) is 4.02. The number of alkyl halides is 1. The molecule has 0 aliphatic heterocycles. The number of para-hydroxylation sites is 1. The third-order valence-electron chi connectivity index (χ3n) is 2.53. The summed E-state index contributed by atoms with van der Waals surface area (Å²) in [6.45, 7) is 0.784. The van der Waals surface area contributed by atoms with E-state index in [0.29, 0.717) is 18.1 Å². The zero-order valence-corrected chi connectivity index (χ0v) is 9.67. The third kappa shape index (κ3) is 3.09. The molecule has 0 saturated heterocycles. The Bertz CT molecular complexity index is 353. The minimum atomic E-state index is -0.395. The molecular weight excluding hydrogens is 231 g/mol. The van der Waals surface area contributed by atoms with Crippen LogP contribution in [-0.2, 0) is 10.6 Å². The Balaban J connectivity index is 1.86. The summed E-state index contributed by atoms with van der Waals surface area (Å²) in [5.74, 6) is 0.716. The molecule has 1 aliphatic carbocycles. The van der Waals surface area contributed by atoms with Crippen molar-refractivity contribution in [3.8, 4) is 5.75 Å². The molecule has 16 heavy (non-hydrogen) atoms. The lowest BCUT2D eigenvalue weighted by molar-refractivity contribution is 0.00749. The van der Waals surface area contributed by atoms with Crippen LogP contribution in [0.15, 0.2) is 18.2 Å². The van der Waals surface area contributed by atoms with Crippen molar-refractivity contribution in [2.24, 2.45) is 5.92 Å². The Morgan fingerprint density at radius 2 is 2.19 bits per heavy atom. The van der Waals surface area contributed by atoms with Gasteiger partial charge >= 0.3 is 0 Å². The average Bonchev–Trinajstić information content (AvgIpc) is 3.09. The van der Waals surface area contributed by atoms with Gasteiger partial charge in [-0.05, 0) is 24.8 Å². The minimum Gasteiger partial charge on any atom is -0.464 e. The van der Waals surface area contributed by atoms with E-state index in [-0.39, 0.29) is 18.4 Å². The zero-order chi connectivity index (χ0) is 11.4. The molecule has 0 atom stereocenters. The number of benzene rings is 1. The molecule has 0 radical (unpaired) electrons. The van der Waals surface area contributed by atoms with E-state index in [1.165, 1.54) is 18.9 Å². The number of hydrogen-bond acceptors (Lipinski definition) is 2. The third-order valence-corrected chi connectivity index (χ3v) is 2.82. The van der Waals surface area contributed by atoms with Crippen molar-refractivity contribution in [2.45, 2.75) is 18.7 Å². The Hall–Kier alpha value is -0.800. The number of rotatable bonds is 6. The SMILES string of the molecule is Fc1cccc(CCl)c1OCOCC1CC1. The minimum absolute atomic E-state index is 0.0846. The first-order chi connectivity index (χ1) is 7.81. The van der Waals surface area contributed by atoms with Gasteiger partial charge in [0.1, 0.15) is 0 Å². The van der Waals surface area contributed by atoms with E-state index < -0.39 is 5.82 Å². The molecule has 1 aromatic rings. The van der Waals surface area contributed by atoms with Gasteiger partial charge in [0.05, 0.1) is 12.5 Å². The van der Waals surface area contributed by atoms with E-state index in [2.05, 4.69) is 0 Å². The van der Waals surface area contributed by atoms with Gasteiger partial charge in [0.25, 0.3) is 0 Å². The van der Waals surface area contributed by atoms with Crippen molar-refractivity contribution in [1.29, 1.82) is 0 Å². The molecule has 0 bridgehead atoms. The van der Waals surface area contributed by atoms with Gasteiger partial charge in [-0.25, -0.2) is 4.39 Å². The summed E-state index contributed by atoms with van der Waals surface area (Å²) in [6.07, 6.45) is 2.46. The van der Waals surface area contributed by atoms with E-state index in [0.717, 1.165) is 0 Å². The molecule has 1 aliphatic rings. The normalized spacial score (nSPS) is 15.1. The lowest BCUT2D eigenvalue weighted by atomic mass is 10.2. The van der Waals surface area contributed by atoms with Crippen LogP contribution in [0.3, 0.4) is 0 Å². The lowest BCUT2D eigenvalue weighted by Gasteiger charge is -2.10. The van der Waals surface area contributed by atoms with Crippen molar-refractivity contribution < 1.29 is 13.9 Å². The van der Waals surface area contributed by atoms with Crippen LogP contribution >= 0.6 is 11.6 Å². The highest BCUT2D eigenvalue weighted by Gasteiger charge is 2.21. The summed E-state index contributed by atoms with van der Waals surface area (Å²) in [4.78, 5) is 0. The predicted molar refractivity (Wildman–Crippen MR) is 60.1 cm³/mol. The molecule has 2 nitrogen and oxygen atoms in total. The second kappa shape index (κ2) is 5.51. The standard InChI is InChI=1S/C12H14ClFO2/c13-6-10-2-1-3-11(14)12(10)16-8-15-7-9-4-5-9/h1-3,9H,4-8H2. The Morgan fingerprint density at radius 1 is 1.38 bits per heavy atom. The first kappa shape index (κ1) is 11.7. The van der Waals surface area contributed by atoms with Crippen molar-refractivity contribution in [1.82, 2.24) is 0 Å². The van der Waals surface area contributed by atoms with Crippen LogP contribution in [0, 0.1) is 11.7 Å². The van der Waals surface area contributed by atoms with Crippen LogP contribution in [0.2, 0.25) is 0 Å². The summed E-state index contributed by atoms with van der Waals surface area (Å²) in [5, 5.41) is 0. The maximum atomic E-state index is 13.4. The monoisotopic (exact) mass is 244 g/mol. The molecule has 0 heterocycles. The molecule has 0 unspecified atom stereocenters. The number of halogens is 2. The molecular formula is C12H14ClFO2. The van der Waals surface area contributed by atoms with Gasteiger partial charge in [-0.1, -0.05) is 12.1 Å². The van der Waals surface area contributed by atoms with Crippen molar-refractivity contribution in [2.75, 3.05) is 13.4 Å². The Labute approximate surface area is 99.3 Å². The van der Waals surface area contributed by atoms with Gasteiger partial charge in [0.2, 0.25) is 0 Å². The summed E-state index contributed by atoms with van der Waals surface area (Å²) < 4.78 is 23.9. The van der Waals surface area contributed by atoms with E-state index in [1.807, 2.05) is 0 Å². The molecule has 1 fully saturated rings. The van der Waals surface area contributed by atoms with Gasteiger partial charge < -0.3 is 9.47 Å². The smallest absolute Gasteiger partial charge is 0.189 e. The van der Waals surface area contributed by atoms with E-state index >= 15 is 0 Å². The van der Waals surface area contributed by atoms with Gasteiger partial charge in [0, 0.05) is 5.56 Å². The van der Waals surface area contributed by atoms with Gasteiger partial charge in [0.15, 0.2) is 18.4 Å². The molecule has 0 aromatic heterocycles. The summed E-state index contributed by atoms with van der Waals surface area (Å²) in [6, 6.07) is 4.71. The number of hydrogen-bond donors (Lipinski definition) is 0. The first-order valence-electron chi connectivity index (χ1n) is 5.35. The van der Waals surface area contributed by atoms with Crippen molar-refractivity contribution in [3.63, 3.8) is 0 Å². The maximum Gasteiger partial charge on any atom is 0.189 e. The van der Waals surface area contributed by atoms with Crippen LogP contribution in [0.5, 0.6) is 5.75 Å². The molecule has 0 N–H and O–H groups in total. The summed E-state index contributed by atoms with van der Waals surface area (Å²) in [5.41, 5.74) is 0.650. The van der Waals surface area contributed by atoms with Crippen LogP contribution in [0.4, 0.5) is 4.39 Å². The fourth-order valence-corrected chi connectivity index (χ4v) is 1.63. The van der Waals surface area contributed by atoms with E-state index in [1.54, 1.807) is 12.1 Å². The lowest BCUT2D eigenvalue weighted by Crippen LogP contribution is -2.07. The topological polar surface area (TPSA) is 18.5 Å². The molecule has 0 amide bonds. The fourth-order valence-electron chi connectivity index (χ4n) is 1.42. The van der Waals surface area contributed by atoms with Gasteiger partial charge in [-0.3, -0.25) is 0 Å². The summed E-state index contributed by atoms with van der Waals surface area (Å²) in [7, 11) is 0. The second-order valence-corrected chi connectivity index (χ2v) is 4.21. The highest BCUT2D eigenvalue weighted by Crippen LogP contribution is 2.29. The van der Waals surface area contributed by atoms with Gasteiger partial charge in [-0.15, -0.1) is 11.6 Å². The van der Waals surface area contributed by atoms with Crippen molar-refractivity contribution >= 4 is 11.6 Å². The van der Waals surface area contributed by atoms with Gasteiger partial charge in [-0.2, -0.15) is 0 Å². The van der Waals surface area contributed by atoms with Crippen LogP contribution in [0.1, 0.15) is 18.4 Å². The highest BCUT2D eigenvalue weighted by atomic mass is 35.5. The number of ether oxygens (including phenoxy) is 2. The maximum absolute atomic E-state index is 13.4. The average molecular weight is 245 g/mol. The zero-order valence-electron chi connectivity index (χ0n) is 8.92. The molecule has 1 saturated carbocycles. The Morgan fingerprint density at radius 3 is 2.88 bits per heavy atom. The van der Waals surface area contributed by atoms with E-state index in [9.17, 15) is 4.39 Å². The fraction of sp³-hybridized carbons (Fsp3) is 0.500. The van der Waals surface area contributed by atoms with Crippen LogP contribution < -0.4 is 4.74 Å². The van der Waals surface area contributed by atoms with Crippen molar-refractivity contribution in [3.05, 3.63) is 29.6 Å². The van der Waals surface area contributed by atoms with Crippen LogP contribution in [-0.4, -0.2) is 13.4 Å². The van der Waals surface area contributed by atoms with E-state index in [4.69, 9.17) is 21.1 Å². The quantitative estimate of drug-likeness (QED) is 0.434. The second-order valence-electron chi connectivity index (χ2n) is 3.94. The first-order valence-corrected chi connectivity index (χ1v) is 5.88.